The standard InChI is InChI=1S/C7H16N6O2/c1-4(14)9-7-3-6(8)11-13(12-7)10-5(2)15/h3-5,9-10,12,14-15H,1-2H3,(H2,8,11). The number of nitrogens with one attached hydrogen (secondary N) is 3. The van der Waals surface area contributed by atoms with Crippen molar-refractivity contribution in [1.29, 1.82) is 0 Å². The van der Waals surface area contributed by atoms with Crippen molar-refractivity contribution < 1.29 is 10.2 Å². The first-order valence-electron chi connectivity index (χ1n) is 4.49. The Bertz CT molecular complexity index is 275. The molecule has 8 heteroatoms. The Morgan fingerprint density at radius 2 is 2.13 bits per heavy atom. The zero-order valence-electron chi connectivity index (χ0n) is 8.60. The highest BCUT2D eigenvalue weighted by Crippen LogP contribution is 1.96. The summed E-state index contributed by atoms with van der Waals surface area (Å²) >= 11 is 0. The third-order valence-corrected chi connectivity index (χ3v) is 1.41. The van der Waals surface area contributed by atoms with Gasteiger partial charge in [0.25, 0.3) is 0 Å². The fourth-order valence-electron chi connectivity index (χ4n) is 1.00. The molecule has 0 spiro atoms. The maximum Gasteiger partial charge on any atom is 0.150 e. The lowest BCUT2D eigenvalue weighted by atomic mass is 10.5. The van der Waals surface area contributed by atoms with Gasteiger partial charge in [0.1, 0.15) is 18.3 Å². The number of amidine groups is 1. The fraction of sp³-hybridized carbons (Fsp3) is 0.571. The van der Waals surface area contributed by atoms with E-state index in [1.165, 1.54) is 13.0 Å². The van der Waals surface area contributed by atoms with Gasteiger partial charge >= 0.3 is 0 Å². The molecule has 0 amide bonds. The third-order valence-electron chi connectivity index (χ3n) is 1.41. The Kier molecular flexibility index (Phi) is 3.72. The van der Waals surface area contributed by atoms with Crippen LogP contribution >= 0.6 is 0 Å². The minimum Gasteiger partial charge on any atom is -0.382 e. The van der Waals surface area contributed by atoms with Gasteiger partial charge in [0, 0.05) is 6.08 Å². The van der Waals surface area contributed by atoms with Crippen LogP contribution in [0.4, 0.5) is 0 Å². The van der Waals surface area contributed by atoms with Crippen LogP contribution < -0.4 is 21.9 Å². The van der Waals surface area contributed by atoms with Gasteiger partial charge in [-0.1, -0.05) is 0 Å². The maximum absolute atomic E-state index is 9.10. The lowest BCUT2D eigenvalue weighted by molar-refractivity contribution is 0.0168. The molecule has 1 rings (SSSR count). The molecule has 0 saturated carbocycles. The Morgan fingerprint density at radius 1 is 1.47 bits per heavy atom. The summed E-state index contributed by atoms with van der Waals surface area (Å²) in [4.78, 5) is 0. The molecule has 1 aliphatic heterocycles. The summed E-state index contributed by atoms with van der Waals surface area (Å²) in [5.74, 6) is 0.718. The Hall–Kier alpha value is -1.51. The van der Waals surface area contributed by atoms with Gasteiger partial charge < -0.3 is 21.3 Å². The van der Waals surface area contributed by atoms with Crippen LogP contribution in [0.5, 0.6) is 0 Å². The molecule has 15 heavy (non-hydrogen) atoms. The smallest absolute Gasteiger partial charge is 0.150 e. The molecular weight excluding hydrogens is 200 g/mol. The Balaban J connectivity index is 2.59. The van der Waals surface area contributed by atoms with Crippen molar-refractivity contribution in [3.63, 3.8) is 0 Å². The van der Waals surface area contributed by atoms with E-state index in [-0.39, 0.29) is 5.84 Å². The lowest BCUT2D eigenvalue weighted by Gasteiger charge is -2.28. The molecular formula is C7H16N6O2. The number of aliphatic hydroxyl groups is 2. The van der Waals surface area contributed by atoms with Crippen molar-refractivity contribution in [1.82, 2.24) is 21.4 Å². The number of hydrogen-bond donors (Lipinski definition) is 6. The van der Waals surface area contributed by atoms with E-state index in [0.29, 0.717) is 5.82 Å². The minimum absolute atomic E-state index is 0.241. The Labute approximate surface area is 87.4 Å². The second-order valence-electron chi connectivity index (χ2n) is 3.13. The number of hydrazone groups is 1. The van der Waals surface area contributed by atoms with Crippen LogP contribution in [0.2, 0.25) is 0 Å². The molecule has 2 atom stereocenters. The van der Waals surface area contributed by atoms with Crippen LogP contribution in [0.1, 0.15) is 13.8 Å². The number of aliphatic hydroxyl groups excluding tert-OH is 2. The van der Waals surface area contributed by atoms with Gasteiger partial charge in [0.2, 0.25) is 0 Å². The van der Waals surface area contributed by atoms with Crippen LogP contribution in [-0.2, 0) is 0 Å². The van der Waals surface area contributed by atoms with Gasteiger partial charge in [-0.05, 0) is 13.8 Å². The second kappa shape index (κ2) is 4.82. The maximum atomic E-state index is 9.10. The normalized spacial score (nSPS) is 19.9. The van der Waals surface area contributed by atoms with E-state index in [1.54, 1.807) is 6.92 Å². The molecule has 0 bridgehead atoms. The van der Waals surface area contributed by atoms with Crippen molar-refractivity contribution in [3.05, 3.63) is 11.9 Å². The van der Waals surface area contributed by atoms with Crippen molar-refractivity contribution in [3.8, 4) is 0 Å². The van der Waals surface area contributed by atoms with E-state index in [2.05, 4.69) is 21.3 Å². The topological polar surface area (TPSA) is 118 Å². The third kappa shape index (κ3) is 4.02. The van der Waals surface area contributed by atoms with Gasteiger partial charge in [0.15, 0.2) is 5.84 Å². The lowest BCUT2D eigenvalue weighted by Crippen LogP contribution is -2.53. The quantitative estimate of drug-likeness (QED) is 0.292. The zero-order valence-corrected chi connectivity index (χ0v) is 8.60. The molecule has 7 N–H and O–H groups in total. The molecule has 0 aromatic heterocycles. The van der Waals surface area contributed by atoms with Crippen molar-refractivity contribution in [2.75, 3.05) is 0 Å². The molecule has 0 radical (unpaired) electrons. The average Bonchev–Trinajstić information content (AvgIpc) is 1.98. The number of hydrazine groups is 2. The van der Waals surface area contributed by atoms with Gasteiger partial charge in [-0.15, -0.1) is 10.3 Å². The summed E-state index contributed by atoms with van der Waals surface area (Å²) in [6.45, 7) is 3.10. The number of nitrogens with zero attached hydrogens (tertiary/aromatic N) is 2. The molecule has 0 fully saturated rings. The molecule has 0 aromatic rings. The molecule has 0 aliphatic carbocycles. The summed E-state index contributed by atoms with van der Waals surface area (Å²) in [5.41, 5.74) is 10.8. The highest BCUT2D eigenvalue weighted by molar-refractivity contribution is 5.92. The van der Waals surface area contributed by atoms with Crippen molar-refractivity contribution >= 4 is 5.84 Å². The fourth-order valence-corrected chi connectivity index (χ4v) is 1.00. The first kappa shape index (κ1) is 11.6. The summed E-state index contributed by atoms with van der Waals surface area (Å²) in [6, 6.07) is 0. The van der Waals surface area contributed by atoms with Gasteiger partial charge in [-0.3, -0.25) is 5.43 Å². The molecule has 8 nitrogen and oxygen atoms in total. The van der Waals surface area contributed by atoms with Crippen LogP contribution in [0.25, 0.3) is 0 Å². The van der Waals surface area contributed by atoms with Gasteiger partial charge in [-0.25, -0.2) is 0 Å². The second-order valence-corrected chi connectivity index (χ2v) is 3.13. The summed E-state index contributed by atoms with van der Waals surface area (Å²) in [6.07, 6.45) is 0.0236. The van der Waals surface area contributed by atoms with E-state index in [0.717, 1.165) is 5.23 Å². The number of hydrogen-bond acceptors (Lipinski definition) is 8. The van der Waals surface area contributed by atoms with Crippen LogP contribution in [0, 0.1) is 0 Å². The van der Waals surface area contributed by atoms with Crippen LogP contribution in [0.15, 0.2) is 17.0 Å². The first-order valence-corrected chi connectivity index (χ1v) is 4.49. The first-order chi connectivity index (χ1) is 6.97. The number of nitrogens with two attached hydrogens (primary N) is 1. The van der Waals surface area contributed by atoms with E-state index in [4.69, 9.17) is 15.9 Å². The SMILES string of the molecule is CC(O)NC1=CC(N)=NN(NC(C)O)N1. The van der Waals surface area contributed by atoms with E-state index in [9.17, 15) is 0 Å². The summed E-state index contributed by atoms with van der Waals surface area (Å²) < 4.78 is 0. The molecule has 2 unspecified atom stereocenters. The highest BCUT2D eigenvalue weighted by atomic mass is 16.3. The van der Waals surface area contributed by atoms with Crippen molar-refractivity contribution in [2.24, 2.45) is 10.8 Å². The predicted octanol–water partition coefficient (Wildman–Crippen LogP) is -2.31. The largest absolute Gasteiger partial charge is 0.382 e. The van der Waals surface area contributed by atoms with Crippen molar-refractivity contribution in [2.45, 2.75) is 26.3 Å². The summed E-state index contributed by atoms with van der Waals surface area (Å²) in [5, 5.41) is 25.8. The van der Waals surface area contributed by atoms with Crippen LogP contribution in [-0.4, -0.2) is 33.7 Å². The van der Waals surface area contributed by atoms with Crippen LogP contribution in [0.3, 0.4) is 0 Å². The zero-order chi connectivity index (χ0) is 11.4. The highest BCUT2D eigenvalue weighted by Gasteiger charge is 2.12. The Morgan fingerprint density at radius 3 is 2.67 bits per heavy atom. The van der Waals surface area contributed by atoms with Gasteiger partial charge in [-0.2, -0.15) is 5.43 Å². The molecule has 0 saturated heterocycles. The predicted molar refractivity (Wildman–Crippen MR) is 54.3 cm³/mol. The monoisotopic (exact) mass is 216 g/mol. The van der Waals surface area contributed by atoms with E-state index < -0.39 is 12.5 Å². The van der Waals surface area contributed by atoms with E-state index in [1.807, 2.05) is 0 Å². The van der Waals surface area contributed by atoms with E-state index >= 15 is 0 Å². The molecule has 0 aromatic carbocycles. The molecule has 1 aliphatic rings. The summed E-state index contributed by atoms with van der Waals surface area (Å²) in [7, 11) is 0. The molecule has 1 heterocycles. The average molecular weight is 216 g/mol. The minimum atomic E-state index is -0.778. The molecule has 86 valence electrons. The number of rotatable bonds is 4. The van der Waals surface area contributed by atoms with Gasteiger partial charge in [0.05, 0.1) is 0 Å².